The highest BCUT2D eigenvalue weighted by atomic mass is 16.4. The summed E-state index contributed by atoms with van der Waals surface area (Å²) < 4.78 is 0. The molecule has 0 aromatic heterocycles. The molecule has 0 heterocycles. The van der Waals surface area contributed by atoms with Crippen molar-refractivity contribution in [3.05, 3.63) is 48.6 Å². The number of hydrogen-bond donors (Lipinski definition) is 3. The number of allylic oxidation sites excluding steroid dienone is 6. The van der Waals surface area contributed by atoms with Gasteiger partial charge < -0.3 is 15.3 Å². The fourth-order valence-electron chi connectivity index (χ4n) is 3.18. The first-order valence-electron chi connectivity index (χ1n) is 9.69. The molecule has 27 heavy (non-hydrogen) atoms. The predicted molar refractivity (Wildman–Crippen MR) is 106 cm³/mol. The Bertz CT molecular complexity index is 573. The monoisotopic (exact) mass is 376 g/mol. The van der Waals surface area contributed by atoms with Crippen molar-refractivity contribution >= 4 is 11.8 Å². The minimum Gasteiger partial charge on any atom is -0.481 e. The maximum Gasteiger partial charge on any atom is 0.303 e. The number of aliphatic hydroxyl groups excluding tert-OH is 2. The van der Waals surface area contributed by atoms with Crippen molar-refractivity contribution in [1.29, 1.82) is 0 Å². The van der Waals surface area contributed by atoms with Gasteiger partial charge in [0.25, 0.3) is 0 Å². The molecular formula is C22H32O5. The lowest BCUT2D eigenvalue weighted by molar-refractivity contribution is -0.136. The van der Waals surface area contributed by atoms with E-state index in [4.69, 9.17) is 5.11 Å². The van der Waals surface area contributed by atoms with Gasteiger partial charge in [0.1, 0.15) is 5.78 Å². The van der Waals surface area contributed by atoms with Crippen LogP contribution in [0.5, 0.6) is 0 Å². The van der Waals surface area contributed by atoms with Crippen molar-refractivity contribution < 1.29 is 24.9 Å². The highest BCUT2D eigenvalue weighted by molar-refractivity contribution is 5.85. The summed E-state index contributed by atoms with van der Waals surface area (Å²) >= 11 is 0. The van der Waals surface area contributed by atoms with E-state index in [1.807, 2.05) is 43.4 Å². The van der Waals surface area contributed by atoms with Crippen LogP contribution in [0.1, 0.15) is 51.9 Å². The van der Waals surface area contributed by atoms with Gasteiger partial charge in [-0.1, -0.05) is 55.5 Å². The summed E-state index contributed by atoms with van der Waals surface area (Å²) in [7, 11) is 0. The summed E-state index contributed by atoms with van der Waals surface area (Å²) in [6.45, 7) is 1.96. The number of aliphatic hydroxyl groups is 2. The first-order valence-corrected chi connectivity index (χ1v) is 9.69. The van der Waals surface area contributed by atoms with Crippen LogP contribution >= 0.6 is 0 Å². The molecule has 0 unspecified atom stereocenters. The number of ketones is 1. The van der Waals surface area contributed by atoms with Crippen LogP contribution < -0.4 is 0 Å². The van der Waals surface area contributed by atoms with E-state index in [1.54, 1.807) is 12.2 Å². The van der Waals surface area contributed by atoms with Crippen molar-refractivity contribution in [3.63, 3.8) is 0 Å². The number of hydrogen-bond acceptors (Lipinski definition) is 4. The number of carboxylic acid groups (broad SMARTS) is 1. The third-order valence-corrected chi connectivity index (χ3v) is 4.70. The van der Waals surface area contributed by atoms with Crippen LogP contribution in [0.3, 0.4) is 0 Å². The fourth-order valence-corrected chi connectivity index (χ4v) is 3.18. The SMILES string of the molecule is CC[C@H]1[C@H](/C=C/[C@H](O)C/C=C\C/C=C\C/C=C\CCC(=O)O)C(=O)C[C@@H]1O. The fraction of sp³-hybridized carbons (Fsp3) is 0.545. The molecule has 1 rings (SSSR count). The molecule has 1 fully saturated rings. The molecule has 1 aliphatic carbocycles. The van der Waals surface area contributed by atoms with Crippen LogP contribution in [0.15, 0.2) is 48.6 Å². The van der Waals surface area contributed by atoms with E-state index in [2.05, 4.69) is 0 Å². The van der Waals surface area contributed by atoms with Gasteiger partial charge in [-0.05, 0) is 38.0 Å². The number of aliphatic carboxylic acids is 1. The molecular weight excluding hydrogens is 344 g/mol. The topological polar surface area (TPSA) is 94.8 Å². The molecule has 0 aromatic carbocycles. The lowest BCUT2D eigenvalue weighted by Crippen LogP contribution is -2.18. The maximum atomic E-state index is 11.9. The van der Waals surface area contributed by atoms with Gasteiger partial charge in [-0.25, -0.2) is 0 Å². The molecule has 0 saturated heterocycles. The second-order valence-corrected chi connectivity index (χ2v) is 6.84. The zero-order valence-corrected chi connectivity index (χ0v) is 16.0. The molecule has 0 aromatic rings. The van der Waals surface area contributed by atoms with Crippen LogP contribution in [0, 0.1) is 11.8 Å². The summed E-state index contributed by atoms with van der Waals surface area (Å²) in [4.78, 5) is 22.2. The number of carboxylic acids is 1. The average Bonchev–Trinajstić information content (AvgIpc) is 2.90. The van der Waals surface area contributed by atoms with Gasteiger partial charge in [-0.2, -0.15) is 0 Å². The van der Waals surface area contributed by atoms with E-state index < -0.39 is 18.2 Å². The third kappa shape index (κ3) is 9.50. The molecule has 150 valence electrons. The van der Waals surface area contributed by atoms with Gasteiger partial charge in [0.15, 0.2) is 0 Å². The normalized spacial score (nSPS) is 24.9. The number of Topliss-reactive ketones (excluding diaryl/α,β-unsaturated/α-hetero) is 1. The van der Waals surface area contributed by atoms with Crippen LogP contribution in [-0.2, 0) is 9.59 Å². The van der Waals surface area contributed by atoms with E-state index in [0.29, 0.717) is 12.8 Å². The molecule has 1 saturated carbocycles. The van der Waals surface area contributed by atoms with Crippen LogP contribution in [-0.4, -0.2) is 39.3 Å². The highest BCUT2D eigenvalue weighted by Gasteiger charge is 2.38. The van der Waals surface area contributed by atoms with Gasteiger partial charge in [-0.3, -0.25) is 9.59 Å². The Hall–Kier alpha value is -1.98. The van der Waals surface area contributed by atoms with Gasteiger partial charge in [-0.15, -0.1) is 0 Å². The largest absolute Gasteiger partial charge is 0.481 e. The standard InChI is InChI=1S/C22H32O5/c1-2-18-19(21(25)16-20(18)24)15-14-17(23)12-10-8-6-4-3-5-7-9-11-13-22(26)27/h3-4,7-10,14-15,17-20,23-24H,2,5-6,11-13,16H2,1H3,(H,26,27)/b4-3-,9-7-,10-8-,15-14+/t17-,18+,19+,20+/m1/s1. The molecule has 0 amide bonds. The van der Waals surface area contributed by atoms with Crippen LogP contribution in [0.25, 0.3) is 0 Å². The first-order chi connectivity index (χ1) is 13.0. The van der Waals surface area contributed by atoms with Crippen molar-refractivity contribution in [2.75, 3.05) is 0 Å². The predicted octanol–water partition coefficient (Wildman–Crippen LogP) is 3.58. The second kappa shape index (κ2) is 13.2. The molecule has 0 spiro atoms. The number of rotatable bonds is 12. The van der Waals surface area contributed by atoms with Gasteiger partial charge >= 0.3 is 5.97 Å². The molecule has 0 aliphatic heterocycles. The Labute approximate surface area is 161 Å². The van der Waals surface area contributed by atoms with Crippen molar-refractivity contribution in [2.45, 2.75) is 64.1 Å². The summed E-state index contributed by atoms with van der Waals surface area (Å²) in [5.41, 5.74) is 0. The molecule has 5 nitrogen and oxygen atoms in total. The number of carbonyl (C=O) groups is 2. The molecule has 0 radical (unpaired) electrons. The lowest BCUT2D eigenvalue weighted by atomic mass is 9.91. The minimum atomic E-state index is -0.782. The molecule has 0 bridgehead atoms. The summed E-state index contributed by atoms with van der Waals surface area (Å²) in [6.07, 6.45) is 17.7. The lowest BCUT2D eigenvalue weighted by Gasteiger charge is -2.16. The minimum absolute atomic E-state index is 0.0418. The zero-order chi connectivity index (χ0) is 20.1. The van der Waals surface area contributed by atoms with E-state index in [0.717, 1.165) is 19.3 Å². The van der Waals surface area contributed by atoms with Crippen molar-refractivity contribution in [1.82, 2.24) is 0 Å². The average molecular weight is 376 g/mol. The van der Waals surface area contributed by atoms with E-state index in [9.17, 15) is 19.8 Å². The van der Waals surface area contributed by atoms with E-state index in [-0.39, 0.29) is 30.5 Å². The van der Waals surface area contributed by atoms with E-state index >= 15 is 0 Å². The van der Waals surface area contributed by atoms with E-state index in [1.165, 1.54) is 0 Å². The Balaban J connectivity index is 2.22. The summed E-state index contributed by atoms with van der Waals surface area (Å²) in [5, 5.41) is 28.4. The number of carbonyl (C=O) groups excluding carboxylic acids is 1. The smallest absolute Gasteiger partial charge is 0.303 e. The summed E-state index contributed by atoms with van der Waals surface area (Å²) in [6, 6.07) is 0. The molecule has 4 atom stereocenters. The van der Waals surface area contributed by atoms with Crippen molar-refractivity contribution in [3.8, 4) is 0 Å². The Kier molecular flexibility index (Phi) is 11.3. The molecule has 3 N–H and O–H groups in total. The third-order valence-electron chi connectivity index (χ3n) is 4.70. The molecule has 5 heteroatoms. The van der Waals surface area contributed by atoms with Gasteiger partial charge in [0.05, 0.1) is 12.2 Å². The Morgan fingerprint density at radius 1 is 1.15 bits per heavy atom. The second-order valence-electron chi connectivity index (χ2n) is 6.84. The van der Waals surface area contributed by atoms with Crippen LogP contribution in [0.4, 0.5) is 0 Å². The van der Waals surface area contributed by atoms with Crippen molar-refractivity contribution in [2.24, 2.45) is 11.8 Å². The van der Waals surface area contributed by atoms with Crippen LogP contribution in [0.2, 0.25) is 0 Å². The van der Waals surface area contributed by atoms with Gasteiger partial charge in [0.2, 0.25) is 0 Å². The molecule has 1 aliphatic rings. The highest BCUT2D eigenvalue weighted by Crippen LogP contribution is 2.32. The maximum absolute atomic E-state index is 11.9. The Morgan fingerprint density at radius 3 is 2.41 bits per heavy atom. The first kappa shape index (κ1) is 23.1. The van der Waals surface area contributed by atoms with Gasteiger partial charge in [0, 0.05) is 18.8 Å². The quantitative estimate of drug-likeness (QED) is 0.453. The Morgan fingerprint density at radius 2 is 1.78 bits per heavy atom. The summed E-state index contributed by atoms with van der Waals surface area (Å²) in [5.74, 6) is -1.06. The zero-order valence-electron chi connectivity index (χ0n) is 16.0.